The molecule has 0 unspecified atom stereocenters. The lowest BCUT2D eigenvalue weighted by Crippen LogP contribution is -2.07. The van der Waals surface area contributed by atoms with Gasteiger partial charge in [-0.15, -0.1) is 0 Å². The Morgan fingerprint density at radius 2 is 1.84 bits per heavy atom. The van der Waals surface area contributed by atoms with Crippen LogP contribution in [0.4, 0.5) is 10.1 Å². The molecule has 2 aromatic rings. The summed E-state index contributed by atoms with van der Waals surface area (Å²) in [5.74, 6) is -1.29. The van der Waals surface area contributed by atoms with Crippen molar-refractivity contribution < 1.29 is 18.8 Å². The first-order valence-corrected chi connectivity index (χ1v) is 7.23. The van der Waals surface area contributed by atoms with Crippen LogP contribution in [-0.4, -0.2) is 16.8 Å². The molecule has 124 valence electrons. The number of ether oxygens (including phenoxy) is 1. The zero-order valence-electron chi connectivity index (χ0n) is 12.8. The van der Waals surface area contributed by atoms with Crippen molar-refractivity contribution in [3.05, 3.63) is 93.4 Å². The first-order valence-electron chi connectivity index (χ1n) is 7.23. The van der Waals surface area contributed by atoms with Crippen LogP contribution in [0, 0.1) is 15.9 Å². The van der Waals surface area contributed by atoms with Crippen molar-refractivity contribution >= 4 is 23.6 Å². The molecule has 0 aliphatic carbocycles. The van der Waals surface area contributed by atoms with E-state index in [2.05, 4.69) is 4.99 Å². The fourth-order valence-corrected chi connectivity index (χ4v) is 2.13. The van der Waals surface area contributed by atoms with Crippen LogP contribution >= 0.6 is 0 Å². The largest absolute Gasteiger partial charge is 0.402 e. The number of halogens is 1. The maximum Gasteiger partial charge on any atom is 0.363 e. The lowest BCUT2D eigenvalue weighted by molar-refractivity contribution is -0.384. The highest BCUT2D eigenvalue weighted by Gasteiger charge is 2.25. The number of benzene rings is 2. The molecule has 0 saturated carbocycles. The van der Waals surface area contributed by atoms with Gasteiger partial charge in [-0.3, -0.25) is 10.1 Å². The van der Waals surface area contributed by atoms with E-state index in [1.54, 1.807) is 30.4 Å². The minimum absolute atomic E-state index is 0.00555. The third-order valence-corrected chi connectivity index (χ3v) is 3.37. The highest BCUT2D eigenvalue weighted by atomic mass is 19.1. The lowest BCUT2D eigenvalue weighted by Gasteiger charge is -1.99. The summed E-state index contributed by atoms with van der Waals surface area (Å²) in [7, 11) is 0. The zero-order valence-corrected chi connectivity index (χ0v) is 12.8. The van der Waals surface area contributed by atoms with E-state index in [9.17, 15) is 19.3 Å². The van der Waals surface area contributed by atoms with Crippen molar-refractivity contribution in [1.29, 1.82) is 0 Å². The topological polar surface area (TPSA) is 81.8 Å². The van der Waals surface area contributed by atoms with E-state index < -0.39 is 16.7 Å². The molecule has 1 aliphatic heterocycles. The Bertz CT molecular complexity index is 930. The Morgan fingerprint density at radius 3 is 2.52 bits per heavy atom. The van der Waals surface area contributed by atoms with Crippen LogP contribution in [0.15, 0.2) is 71.4 Å². The Labute approximate surface area is 141 Å². The van der Waals surface area contributed by atoms with Gasteiger partial charge in [-0.25, -0.2) is 14.2 Å². The van der Waals surface area contributed by atoms with Gasteiger partial charge in [0, 0.05) is 12.1 Å². The summed E-state index contributed by atoms with van der Waals surface area (Å²) in [6.07, 6.45) is 4.64. The highest BCUT2D eigenvalue weighted by Crippen LogP contribution is 2.19. The summed E-state index contributed by atoms with van der Waals surface area (Å²) in [6, 6.07) is 11.8. The number of allylic oxidation sites excluding steroid dienone is 2. The van der Waals surface area contributed by atoms with Crippen LogP contribution < -0.4 is 0 Å². The third-order valence-electron chi connectivity index (χ3n) is 3.37. The van der Waals surface area contributed by atoms with Crippen molar-refractivity contribution in [3.8, 4) is 0 Å². The van der Waals surface area contributed by atoms with Crippen molar-refractivity contribution in [3.63, 3.8) is 0 Å². The Morgan fingerprint density at radius 1 is 1.12 bits per heavy atom. The third kappa shape index (κ3) is 3.66. The quantitative estimate of drug-likeness (QED) is 0.369. The summed E-state index contributed by atoms with van der Waals surface area (Å²) >= 11 is 0. The second kappa shape index (κ2) is 6.88. The van der Waals surface area contributed by atoms with Crippen LogP contribution in [0.5, 0.6) is 0 Å². The summed E-state index contributed by atoms with van der Waals surface area (Å²) in [5, 5.41) is 10.6. The molecule has 0 bridgehead atoms. The number of nitrogens with zero attached hydrogens (tertiary/aromatic N) is 2. The molecule has 0 aromatic heterocycles. The molecular formula is C18H11FN2O4. The lowest BCUT2D eigenvalue weighted by atomic mass is 10.2. The van der Waals surface area contributed by atoms with Crippen LogP contribution in [-0.2, 0) is 9.53 Å². The maximum atomic E-state index is 13.7. The number of nitro benzene ring substituents is 1. The van der Waals surface area contributed by atoms with Gasteiger partial charge in [-0.1, -0.05) is 24.3 Å². The van der Waals surface area contributed by atoms with Gasteiger partial charge >= 0.3 is 5.97 Å². The first-order chi connectivity index (χ1) is 12.0. The molecule has 7 heteroatoms. The molecular weight excluding hydrogens is 327 g/mol. The van der Waals surface area contributed by atoms with Crippen LogP contribution in [0.3, 0.4) is 0 Å². The average Bonchev–Trinajstić information content (AvgIpc) is 2.96. The fourth-order valence-electron chi connectivity index (χ4n) is 2.13. The summed E-state index contributed by atoms with van der Waals surface area (Å²) < 4.78 is 18.7. The van der Waals surface area contributed by atoms with Gasteiger partial charge in [-0.05, 0) is 35.9 Å². The second-order valence-corrected chi connectivity index (χ2v) is 5.05. The standard InChI is InChI=1S/C18H11FN2O4/c19-15-6-2-1-5-14(15)17-20-16(18(22)25-17)7-3-4-12-8-10-13(11-9-12)21(23)24/h1-11H/b4-3+,16-7-. The van der Waals surface area contributed by atoms with Gasteiger partial charge in [0.1, 0.15) is 5.82 Å². The molecule has 1 aliphatic rings. The number of aliphatic imine (C=N–C) groups is 1. The van der Waals surface area contributed by atoms with Crippen molar-refractivity contribution in [1.82, 2.24) is 0 Å². The van der Waals surface area contributed by atoms with E-state index in [4.69, 9.17) is 4.74 Å². The van der Waals surface area contributed by atoms with Gasteiger partial charge in [-0.2, -0.15) is 0 Å². The van der Waals surface area contributed by atoms with Gasteiger partial charge in [0.25, 0.3) is 5.69 Å². The molecule has 25 heavy (non-hydrogen) atoms. The Kier molecular flexibility index (Phi) is 4.47. The predicted molar refractivity (Wildman–Crippen MR) is 89.2 cm³/mol. The average molecular weight is 338 g/mol. The molecule has 0 atom stereocenters. The van der Waals surface area contributed by atoms with E-state index in [1.165, 1.54) is 36.4 Å². The van der Waals surface area contributed by atoms with Crippen molar-refractivity contribution in [2.45, 2.75) is 0 Å². The first kappa shape index (κ1) is 16.3. The van der Waals surface area contributed by atoms with Crippen LogP contribution in [0.1, 0.15) is 11.1 Å². The number of carbonyl (C=O) groups is 1. The SMILES string of the molecule is O=C1OC(c2ccccc2F)=N/C1=C\C=C\c1ccc([N+](=O)[O-])cc1. The number of non-ortho nitro benzene ring substituents is 1. The van der Waals surface area contributed by atoms with E-state index in [0.717, 1.165) is 0 Å². The number of carbonyl (C=O) groups excluding carboxylic acids is 1. The van der Waals surface area contributed by atoms with E-state index >= 15 is 0 Å². The fraction of sp³-hybridized carbons (Fsp3) is 0. The van der Waals surface area contributed by atoms with Crippen molar-refractivity contribution in [2.24, 2.45) is 4.99 Å². The summed E-state index contributed by atoms with van der Waals surface area (Å²) in [4.78, 5) is 25.9. The van der Waals surface area contributed by atoms with Crippen LogP contribution in [0.2, 0.25) is 0 Å². The number of nitro groups is 1. The normalized spacial score (nSPS) is 15.5. The van der Waals surface area contributed by atoms with E-state index in [0.29, 0.717) is 5.56 Å². The van der Waals surface area contributed by atoms with Gasteiger partial charge < -0.3 is 4.74 Å². The van der Waals surface area contributed by atoms with Crippen LogP contribution in [0.25, 0.3) is 6.08 Å². The molecule has 0 fully saturated rings. The molecule has 1 heterocycles. The van der Waals surface area contributed by atoms with Gasteiger partial charge in [0.05, 0.1) is 10.5 Å². The molecule has 3 rings (SSSR count). The number of hydrogen-bond acceptors (Lipinski definition) is 5. The molecule has 6 nitrogen and oxygen atoms in total. The molecule has 0 radical (unpaired) electrons. The molecule has 0 N–H and O–H groups in total. The predicted octanol–water partition coefficient (Wildman–Crippen LogP) is 3.63. The molecule has 0 spiro atoms. The maximum absolute atomic E-state index is 13.7. The summed E-state index contributed by atoms with van der Waals surface area (Å²) in [6.45, 7) is 0. The number of esters is 1. The number of cyclic esters (lactones) is 1. The molecule has 0 saturated heterocycles. The minimum atomic E-state index is -0.674. The Balaban J connectivity index is 1.78. The van der Waals surface area contributed by atoms with Gasteiger partial charge in [0.15, 0.2) is 5.70 Å². The van der Waals surface area contributed by atoms with Crippen molar-refractivity contribution in [2.75, 3.05) is 0 Å². The molecule has 2 aromatic carbocycles. The highest BCUT2D eigenvalue weighted by molar-refractivity contribution is 6.11. The summed E-state index contributed by atoms with van der Waals surface area (Å²) in [5.41, 5.74) is 0.858. The number of hydrogen-bond donors (Lipinski definition) is 0. The molecule has 0 amide bonds. The van der Waals surface area contributed by atoms with E-state index in [-0.39, 0.29) is 22.8 Å². The Hall–Kier alpha value is -3.61. The second-order valence-electron chi connectivity index (χ2n) is 5.05. The smallest absolute Gasteiger partial charge is 0.363 e. The van der Waals surface area contributed by atoms with E-state index in [1.807, 2.05) is 0 Å². The zero-order chi connectivity index (χ0) is 17.8. The monoisotopic (exact) mass is 338 g/mol. The van der Waals surface area contributed by atoms with Gasteiger partial charge in [0.2, 0.25) is 5.90 Å². The minimum Gasteiger partial charge on any atom is -0.402 e. The number of rotatable bonds is 4.